The van der Waals surface area contributed by atoms with Gasteiger partial charge < -0.3 is 19.5 Å². The van der Waals surface area contributed by atoms with E-state index < -0.39 is 17.7 Å². The quantitative estimate of drug-likeness (QED) is 0.320. The molecule has 1 amide bonds. The Morgan fingerprint density at radius 3 is 2.59 bits per heavy atom. The number of aliphatic hydroxyl groups excluding tert-OH is 1. The summed E-state index contributed by atoms with van der Waals surface area (Å²) in [5, 5.41) is 11.2. The van der Waals surface area contributed by atoms with Crippen LogP contribution in [0.2, 0.25) is 0 Å². The number of benzene rings is 2. The van der Waals surface area contributed by atoms with E-state index in [0.717, 1.165) is 11.1 Å². The lowest BCUT2D eigenvalue weighted by atomic mass is 9.97. The van der Waals surface area contributed by atoms with Crippen molar-refractivity contribution in [2.24, 2.45) is 0 Å². The Bertz CT molecular complexity index is 1250. The van der Waals surface area contributed by atoms with E-state index >= 15 is 0 Å². The largest absolute Gasteiger partial charge is 0.507 e. The summed E-state index contributed by atoms with van der Waals surface area (Å²) >= 11 is 0. The average molecular weight is 459 g/mol. The number of likely N-dealkylation sites (tertiary alicyclic amines) is 1. The van der Waals surface area contributed by atoms with E-state index in [-0.39, 0.29) is 17.9 Å². The van der Waals surface area contributed by atoms with E-state index in [1.807, 2.05) is 38.1 Å². The summed E-state index contributed by atoms with van der Waals surface area (Å²) < 4.78 is 10.9. The van der Waals surface area contributed by atoms with Gasteiger partial charge in [-0.25, -0.2) is 0 Å². The molecule has 7 nitrogen and oxygen atoms in total. The lowest BCUT2D eigenvalue weighted by Gasteiger charge is -2.24. The molecule has 174 valence electrons. The highest BCUT2D eigenvalue weighted by Gasteiger charge is 2.46. The number of aryl methyl sites for hydroxylation is 1. The van der Waals surface area contributed by atoms with Crippen molar-refractivity contribution < 1.29 is 24.2 Å². The molecule has 3 aromatic rings. The third-order valence-corrected chi connectivity index (χ3v) is 5.74. The van der Waals surface area contributed by atoms with Crippen LogP contribution in [-0.4, -0.2) is 40.4 Å². The molecule has 34 heavy (non-hydrogen) atoms. The zero-order chi connectivity index (χ0) is 24.2. The molecule has 1 unspecified atom stereocenters. The number of aliphatic hydroxyl groups is 1. The topological polar surface area (TPSA) is 89.0 Å². The Balaban J connectivity index is 1.81. The molecule has 0 saturated carbocycles. The van der Waals surface area contributed by atoms with Gasteiger partial charge in [0, 0.05) is 18.3 Å². The van der Waals surface area contributed by atoms with Crippen molar-refractivity contribution in [3.05, 3.63) is 94.8 Å². The molecular formula is C27H26N2O5. The maximum Gasteiger partial charge on any atom is 0.296 e. The van der Waals surface area contributed by atoms with Gasteiger partial charge >= 0.3 is 0 Å². The van der Waals surface area contributed by atoms with Crippen LogP contribution in [0.3, 0.4) is 0 Å². The third-order valence-electron chi connectivity index (χ3n) is 5.74. The number of hydrogen-bond acceptors (Lipinski definition) is 6. The van der Waals surface area contributed by atoms with E-state index in [4.69, 9.17) is 9.47 Å². The molecule has 4 rings (SSSR count). The molecule has 7 heteroatoms. The maximum atomic E-state index is 13.2. The number of aromatic nitrogens is 1. The first-order valence-electron chi connectivity index (χ1n) is 11.0. The zero-order valence-corrected chi connectivity index (χ0v) is 19.3. The molecule has 0 radical (unpaired) electrons. The van der Waals surface area contributed by atoms with Crippen molar-refractivity contribution in [1.29, 1.82) is 0 Å². The first-order valence-corrected chi connectivity index (χ1v) is 11.0. The van der Waals surface area contributed by atoms with Gasteiger partial charge in [-0.3, -0.25) is 14.6 Å². The fourth-order valence-corrected chi connectivity index (χ4v) is 4.13. The van der Waals surface area contributed by atoms with Crippen LogP contribution in [0, 0.1) is 6.92 Å². The van der Waals surface area contributed by atoms with Crippen LogP contribution in [0.1, 0.15) is 35.3 Å². The summed E-state index contributed by atoms with van der Waals surface area (Å²) in [5.74, 6) is -0.342. The Hall–Kier alpha value is -4.13. The zero-order valence-electron chi connectivity index (χ0n) is 19.3. The number of methoxy groups -OCH3 is 1. The number of ether oxygens (including phenoxy) is 2. The van der Waals surface area contributed by atoms with Gasteiger partial charge in [0.25, 0.3) is 11.7 Å². The monoisotopic (exact) mass is 458 g/mol. The number of amides is 1. The van der Waals surface area contributed by atoms with Gasteiger partial charge in [0.1, 0.15) is 23.3 Å². The lowest BCUT2D eigenvalue weighted by Crippen LogP contribution is -2.29. The summed E-state index contributed by atoms with van der Waals surface area (Å²) in [4.78, 5) is 32.2. The second-order valence-electron chi connectivity index (χ2n) is 7.95. The third kappa shape index (κ3) is 4.37. The predicted octanol–water partition coefficient (Wildman–Crippen LogP) is 4.42. The summed E-state index contributed by atoms with van der Waals surface area (Å²) in [5.41, 5.74) is 2.54. The van der Waals surface area contributed by atoms with Crippen molar-refractivity contribution in [2.75, 3.05) is 13.7 Å². The first kappa shape index (κ1) is 23.0. The van der Waals surface area contributed by atoms with Crippen molar-refractivity contribution in [3.63, 3.8) is 0 Å². The number of hydrogen-bond donors (Lipinski definition) is 1. The number of Topliss-reactive ketones (excluding diaryl/α,β-unsaturated/α-hetero) is 1. The van der Waals surface area contributed by atoms with Crippen LogP contribution >= 0.6 is 0 Å². The van der Waals surface area contributed by atoms with Gasteiger partial charge in [0.2, 0.25) is 0 Å². The fourth-order valence-electron chi connectivity index (χ4n) is 4.13. The Labute approximate surface area is 198 Å². The first-order chi connectivity index (χ1) is 16.4. The van der Waals surface area contributed by atoms with Gasteiger partial charge in [-0.05, 0) is 67.4 Å². The lowest BCUT2D eigenvalue weighted by molar-refractivity contribution is -0.140. The average Bonchev–Trinajstić information content (AvgIpc) is 3.10. The highest BCUT2D eigenvalue weighted by atomic mass is 16.5. The SMILES string of the molecule is CCOc1ccc(/C(O)=C2/C(=O)C(=O)N(Cc3cccc(OC)c3)C2c2ccccn2)cc1C. The van der Waals surface area contributed by atoms with Crippen LogP contribution in [0.15, 0.2) is 72.4 Å². The summed E-state index contributed by atoms with van der Waals surface area (Å²) in [6.07, 6.45) is 1.60. The second-order valence-corrected chi connectivity index (χ2v) is 7.95. The summed E-state index contributed by atoms with van der Waals surface area (Å²) in [7, 11) is 1.57. The smallest absolute Gasteiger partial charge is 0.296 e. The number of pyridine rings is 1. The van der Waals surface area contributed by atoms with Crippen LogP contribution < -0.4 is 9.47 Å². The molecular weight excluding hydrogens is 432 g/mol. The molecule has 0 bridgehead atoms. The summed E-state index contributed by atoms with van der Waals surface area (Å²) in [6, 6.07) is 16.9. The number of ketones is 1. The normalized spacial score (nSPS) is 17.1. The minimum atomic E-state index is -0.834. The molecule has 1 fully saturated rings. The van der Waals surface area contributed by atoms with E-state index in [1.54, 1.807) is 49.7 Å². The highest BCUT2D eigenvalue weighted by molar-refractivity contribution is 6.46. The Kier molecular flexibility index (Phi) is 6.63. The maximum absolute atomic E-state index is 13.2. The van der Waals surface area contributed by atoms with Crippen LogP contribution in [0.5, 0.6) is 11.5 Å². The van der Waals surface area contributed by atoms with Gasteiger partial charge in [0.05, 0.1) is 25.0 Å². The Morgan fingerprint density at radius 1 is 1.09 bits per heavy atom. The number of carbonyl (C=O) groups is 2. The molecule has 2 aromatic carbocycles. The number of carbonyl (C=O) groups excluding carboxylic acids is 2. The van der Waals surface area contributed by atoms with E-state index in [9.17, 15) is 14.7 Å². The second kappa shape index (κ2) is 9.79. The van der Waals surface area contributed by atoms with Gasteiger partial charge in [-0.1, -0.05) is 18.2 Å². The fraction of sp³-hybridized carbons (Fsp3) is 0.222. The van der Waals surface area contributed by atoms with Gasteiger partial charge in [-0.15, -0.1) is 0 Å². The van der Waals surface area contributed by atoms with Crippen LogP contribution in [0.4, 0.5) is 0 Å². The molecule has 1 atom stereocenters. The minimum absolute atomic E-state index is 0.00940. The molecule has 1 N–H and O–H groups in total. The molecule has 1 saturated heterocycles. The van der Waals surface area contributed by atoms with Gasteiger partial charge in [-0.2, -0.15) is 0 Å². The molecule has 1 aliphatic rings. The number of rotatable bonds is 7. The van der Waals surface area contributed by atoms with Crippen molar-refractivity contribution in [1.82, 2.24) is 9.88 Å². The number of nitrogens with zero attached hydrogens (tertiary/aromatic N) is 2. The highest BCUT2D eigenvalue weighted by Crippen LogP contribution is 2.40. The van der Waals surface area contributed by atoms with Crippen molar-refractivity contribution >= 4 is 17.4 Å². The van der Waals surface area contributed by atoms with Crippen molar-refractivity contribution in [2.45, 2.75) is 26.4 Å². The molecule has 0 spiro atoms. The standard InChI is InChI=1S/C27H26N2O5/c1-4-34-22-12-11-19(14-17(22)2)25(30)23-24(21-10-5-6-13-28-21)29(27(32)26(23)31)16-18-8-7-9-20(15-18)33-3/h5-15,24,30H,4,16H2,1-3H3/b25-23-. The minimum Gasteiger partial charge on any atom is -0.507 e. The van der Waals surface area contributed by atoms with Crippen LogP contribution in [0.25, 0.3) is 5.76 Å². The molecule has 1 aromatic heterocycles. The van der Waals surface area contributed by atoms with E-state index in [0.29, 0.717) is 29.4 Å². The molecule has 0 aliphatic carbocycles. The molecule has 2 heterocycles. The van der Waals surface area contributed by atoms with Crippen LogP contribution in [-0.2, 0) is 16.1 Å². The summed E-state index contributed by atoms with van der Waals surface area (Å²) in [6.45, 7) is 4.42. The van der Waals surface area contributed by atoms with E-state index in [1.165, 1.54) is 4.90 Å². The molecule has 1 aliphatic heterocycles. The predicted molar refractivity (Wildman–Crippen MR) is 127 cm³/mol. The van der Waals surface area contributed by atoms with Gasteiger partial charge in [0.15, 0.2) is 0 Å². The van der Waals surface area contributed by atoms with Crippen molar-refractivity contribution in [3.8, 4) is 11.5 Å². The van der Waals surface area contributed by atoms with E-state index in [2.05, 4.69) is 4.98 Å². The Morgan fingerprint density at radius 2 is 1.91 bits per heavy atom.